The van der Waals surface area contributed by atoms with Gasteiger partial charge in [-0.05, 0) is 18.4 Å². The fourth-order valence-corrected chi connectivity index (χ4v) is 4.14. The highest BCUT2D eigenvalue weighted by Gasteiger charge is 2.77. The normalized spacial score (nSPS) is 54.4. The summed E-state index contributed by atoms with van der Waals surface area (Å²) >= 11 is 0. The van der Waals surface area contributed by atoms with E-state index >= 15 is 0 Å². The van der Waals surface area contributed by atoms with Crippen LogP contribution < -0.4 is 0 Å². The third-order valence-electron chi connectivity index (χ3n) is 4.81. The summed E-state index contributed by atoms with van der Waals surface area (Å²) in [6.45, 7) is 3.93. The molecule has 0 aliphatic heterocycles. The van der Waals surface area contributed by atoms with E-state index in [0.717, 1.165) is 18.4 Å². The van der Waals surface area contributed by atoms with Crippen LogP contribution in [0.15, 0.2) is 24.3 Å². The summed E-state index contributed by atoms with van der Waals surface area (Å²) in [5, 5.41) is 21.4. The van der Waals surface area contributed by atoms with Crippen LogP contribution in [0.2, 0.25) is 0 Å². The van der Waals surface area contributed by atoms with Gasteiger partial charge in [-0.1, -0.05) is 18.7 Å². The van der Waals surface area contributed by atoms with Gasteiger partial charge in [0.2, 0.25) is 0 Å². The Labute approximate surface area is 95.4 Å². The molecular weight excluding hydrogens is 204 g/mol. The average molecular weight is 222 g/mol. The summed E-state index contributed by atoms with van der Waals surface area (Å²) in [6.07, 6.45) is 5.93. The zero-order chi connectivity index (χ0) is 11.6. The van der Waals surface area contributed by atoms with Crippen LogP contribution in [0.3, 0.4) is 0 Å². The van der Waals surface area contributed by atoms with Gasteiger partial charge in [0, 0.05) is 25.4 Å². The number of hydrogen-bond donors (Lipinski definition) is 2. The minimum Gasteiger partial charge on any atom is -0.386 e. The van der Waals surface area contributed by atoms with E-state index in [2.05, 4.69) is 18.7 Å². The molecule has 0 heterocycles. The van der Waals surface area contributed by atoms with Crippen molar-refractivity contribution in [2.75, 3.05) is 7.11 Å². The third kappa shape index (κ3) is 0.873. The maximum Gasteiger partial charge on any atom is 0.127 e. The van der Waals surface area contributed by atoms with Crippen LogP contribution in [0, 0.1) is 11.8 Å². The van der Waals surface area contributed by atoms with Gasteiger partial charge < -0.3 is 14.9 Å². The minimum atomic E-state index is -1.12. The minimum absolute atomic E-state index is 0.117. The number of aliphatic hydroxyl groups is 2. The molecule has 0 spiro atoms. The van der Waals surface area contributed by atoms with Crippen LogP contribution in [0.1, 0.15) is 19.3 Å². The zero-order valence-electron chi connectivity index (χ0n) is 9.52. The summed E-state index contributed by atoms with van der Waals surface area (Å²) in [6, 6.07) is 0. The molecule has 16 heavy (non-hydrogen) atoms. The molecule has 0 radical (unpaired) electrons. The number of hydrogen-bond acceptors (Lipinski definition) is 3. The average Bonchev–Trinajstić information content (AvgIpc) is 2.45. The van der Waals surface area contributed by atoms with Crippen molar-refractivity contribution in [2.24, 2.45) is 11.8 Å². The van der Waals surface area contributed by atoms with Gasteiger partial charge in [-0.15, -0.1) is 0 Å². The lowest BCUT2D eigenvalue weighted by atomic mass is 9.48. The van der Waals surface area contributed by atoms with E-state index in [4.69, 9.17) is 4.74 Å². The molecule has 1 unspecified atom stereocenters. The van der Waals surface area contributed by atoms with Gasteiger partial charge in [-0.25, -0.2) is 0 Å². The highest BCUT2D eigenvalue weighted by atomic mass is 16.5. The fraction of sp³-hybridized carbons (Fsp3) is 0.692. The number of methoxy groups -OCH3 is 1. The van der Waals surface area contributed by atoms with Gasteiger partial charge in [0.1, 0.15) is 17.3 Å². The van der Waals surface area contributed by atoms with Crippen molar-refractivity contribution in [1.29, 1.82) is 0 Å². The zero-order valence-corrected chi connectivity index (χ0v) is 9.52. The maximum absolute atomic E-state index is 10.8. The third-order valence-corrected chi connectivity index (χ3v) is 4.81. The van der Waals surface area contributed by atoms with Crippen molar-refractivity contribution in [3.05, 3.63) is 24.3 Å². The first kappa shape index (κ1) is 10.5. The second-order valence-electron chi connectivity index (χ2n) is 5.36. The van der Waals surface area contributed by atoms with E-state index in [1.165, 1.54) is 0 Å². The summed E-state index contributed by atoms with van der Waals surface area (Å²) in [5.74, 6) is 0.283. The number of ether oxygens (including phenoxy) is 1. The monoisotopic (exact) mass is 222 g/mol. The first-order valence-electron chi connectivity index (χ1n) is 5.86. The predicted molar refractivity (Wildman–Crippen MR) is 59.8 cm³/mol. The molecule has 0 aromatic heterocycles. The number of rotatable bonds is 1. The van der Waals surface area contributed by atoms with E-state index in [-0.39, 0.29) is 11.8 Å². The Hall–Kier alpha value is -0.640. The Morgan fingerprint density at radius 3 is 2.56 bits per heavy atom. The molecule has 3 rings (SSSR count). The van der Waals surface area contributed by atoms with Gasteiger partial charge in [-0.3, -0.25) is 0 Å². The van der Waals surface area contributed by atoms with E-state index in [9.17, 15) is 10.2 Å². The summed E-state index contributed by atoms with van der Waals surface area (Å²) in [4.78, 5) is 0. The largest absolute Gasteiger partial charge is 0.386 e. The Bertz CT molecular complexity index is 375. The Balaban J connectivity index is 2.03. The number of fused-ring (bicyclic) bond motifs is 4. The molecule has 0 saturated heterocycles. The Morgan fingerprint density at radius 1 is 1.31 bits per heavy atom. The molecule has 0 aromatic carbocycles. The van der Waals surface area contributed by atoms with Crippen LogP contribution in [0.25, 0.3) is 0 Å². The highest BCUT2D eigenvalue weighted by Crippen LogP contribution is 2.66. The Morgan fingerprint density at radius 2 is 1.94 bits per heavy atom. The molecule has 5 atom stereocenters. The predicted octanol–water partition coefficient (Wildman–Crippen LogP) is 1.02. The van der Waals surface area contributed by atoms with Crippen LogP contribution >= 0.6 is 0 Å². The van der Waals surface area contributed by atoms with E-state index in [1.54, 1.807) is 7.11 Å². The van der Waals surface area contributed by atoms with Crippen LogP contribution in [-0.2, 0) is 4.74 Å². The molecule has 2 saturated carbocycles. The fourth-order valence-electron chi connectivity index (χ4n) is 4.14. The molecule has 0 aromatic rings. The van der Waals surface area contributed by atoms with E-state index in [1.807, 2.05) is 0 Å². The molecule has 0 bridgehead atoms. The van der Waals surface area contributed by atoms with Gasteiger partial charge >= 0.3 is 0 Å². The van der Waals surface area contributed by atoms with Crippen molar-refractivity contribution >= 4 is 0 Å². The summed E-state index contributed by atoms with van der Waals surface area (Å²) in [7, 11) is 1.57. The first-order chi connectivity index (χ1) is 7.55. The smallest absolute Gasteiger partial charge is 0.127 e. The quantitative estimate of drug-likeness (QED) is 0.651. The van der Waals surface area contributed by atoms with Gasteiger partial charge in [0.25, 0.3) is 0 Å². The molecule has 2 N–H and O–H groups in total. The van der Waals surface area contributed by atoms with E-state index in [0.29, 0.717) is 6.42 Å². The molecular formula is C13H18O3. The van der Waals surface area contributed by atoms with Crippen molar-refractivity contribution in [3.63, 3.8) is 0 Å². The van der Waals surface area contributed by atoms with Crippen molar-refractivity contribution in [1.82, 2.24) is 0 Å². The SMILES string of the molecule is C=C1C[C@]2(O)[C@H]3CC=CC[C@H]3[C@]2(O)C1OC. The molecule has 0 amide bonds. The molecule has 3 aliphatic carbocycles. The van der Waals surface area contributed by atoms with Gasteiger partial charge in [0.15, 0.2) is 0 Å². The van der Waals surface area contributed by atoms with Crippen LogP contribution in [0.4, 0.5) is 0 Å². The molecule has 3 nitrogen and oxygen atoms in total. The highest BCUT2D eigenvalue weighted by molar-refractivity contribution is 5.39. The molecule has 3 aliphatic rings. The first-order valence-corrected chi connectivity index (χ1v) is 5.86. The van der Waals surface area contributed by atoms with Gasteiger partial charge in [0.05, 0.1) is 0 Å². The lowest BCUT2D eigenvalue weighted by molar-refractivity contribution is -0.311. The van der Waals surface area contributed by atoms with Crippen molar-refractivity contribution < 1.29 is 14.9 Å². The van der Waals surface area contributed by atoms with Crippen molar-refractivity contribution in [3.8, 4) is 0 Å². The second-order valence-corrected chi connectivity index (χ2v) is 5.36. The topological polar surface area (TPSA) is 49.7 Å². The van der Waals surface area contributed by atoms with E-state index < -0.39 is 17.3 Å². The lowest BCUT2D eigenvalue weighted by Gasteiger charge is -2.63. The summed E-state index contributed by atoms with van der Waals surface area (Å²) < 4.78 is 5.34. The van der Waals surface area contributed by atoms with Crippen LogP contribution in [0.5, 0.6) is 0 Å². The van der Waals surface area contributed by atoms with Crippen molar-refractivity contribution in [2.45, 2.75) is 36.6 Å². The molecule has 2 fully saturated rings. The summed E-state index contributed by atoms with van der Waals surface area (Å²) in [5.41, 5.74) is -1.31. The van der Waals surface area contributed by atoms with Gasteiger partial charge in [-0.2, -0.15) is 0 Å². The lowest BCUT2D eigenvalue weighted by Crippen LogP contribution is -2.76. The molecule has 88 valence electrons. The standard InChI is InChI=1S/C13H18O3/c1-8-7-12(14)9-5-3-4-6-10(9)13(12,15)11(8)16-2/h3-4,9-11,14-15H,1,5-7H2,2H3/t9-,10+,11?,12-,13-/m0/s1. The van der Waals surface area contributed by atoms with Crippen LogP contribution in [-0.4, -0.2) is 34.6 Å². The Kier molecular flexibility index (Phi) is 1.95. The molecule has 3 heteroatoms. The number of allylic oxidation sites excluding steroid dienone is 2. The second kappa shape index (κ2) is 2.97. The maximum atomic E-state index is 10.8.